The van der Waals surface area contributed by atoms with Crippen LogP contribution in [0.3, 0.4) is 0 Å². The van der Waals surface area contributed by atoms with Crippen LogP contribution >= 0.6 is 0 Å². The molecule has 3 N–H and O–H groups in total. The number of amides is 1. The van der Waals surface area contributed by atoms with Gasteiger partial charge in [-0.05, 0) is 37.5 Å². The molecule has 1 aliphatic rings. The summed E-state index contributed by atoms with van der Waals surface area (Å²) in [5, 5.41) is 2.82. The number of benzene rings is 1. The van der Waals surface area contributed by atoms with E-state index in [1.807, 2.05) is 24.3 Å². The third-order valence-corrected chi connectivity index (χ3v) is 3.38. The van der Waals surface area contributed by atoms with Gasteiger partial charge < -0.3 is 20.5 Å². The molecule has 0 radical (unpaired) electrons. The van der Waals surface area contributed by atoms with Crippen molar-refractivity contribution in [3.8, 4) is 0 Å². The van der Waals surface area contributed by atoms with Gasteiger partial charge in [0.05, 0.1) is 12.7 Å². The van der Waals surface area contributed by atoms with E-state index >= 15 is 0 Å². The van der Waals surface area contributed by atoms with Gasteiger partial charge in [0.15, 0.2) is 0 Å². The molecule has 5 heteroatoms. The first-order chi connectivity index (χ1) is 9.69. The molecule has 1 heterocycles. The Labute approximate surface area is 119 Å². The van der Waals surface area contributed by atoms with Gasteiger partial charge in [-0.2, -0.15) is 0 Å². The van der Waals surface area contributed by atoms with Crippen molar-refractivity contribution in [1.29, 1.82) is 0 Å². The highest BCUT2D eigenvalue weighted by molar-refractivity contribution is 5.93. The van der Waals surface area contributed by atoms with Gasteiger partial charge in [-0.3, -0.25) is 4.79 Å². The zero-order valence-electron chi connectivity index (χ0n) is 11.8. The van der Waals surface area contributed by atoms with E-state index < -0.39 is 6.10 Å². The maximum Gasteiger partial charge on any atom is 0.253 e. The molecule has 1 amide bonds. The highest BCUT2D eigenvalue weighted by Crippen LogP contribution is 2.14. The van der Waals surface area contributed by atoms with Crippen LogP contribution < -0.4 is 11.1 Å². The zero-order chi connectivity index (χ0) is 14.4. The highest BCUT2D eigenvalue weighted by Gasteiger charge is 2.19. The third-order valence-electron chi connectivity index (χ3n) is 3.38. The number of carbonyl (C=O) groups is 1. The second-order valence-electron chi connectivity index (χ2n) is 5.00. The molecule has 1 aromatic rings. The van der Waals surface area contributed by atoms with E-state index in [0.717, 1.165) is 30.7 Å². The van der Waals surface area contributed by atoms with Crippen molar-refractivity contribution in [2.45, 2.75) is 38.5 Å². The van der Waals surface area contributed by atoms with E-state index in [0.29, 0.717) is 13.2 Å². The molecule has 1 saturated heterocycles. The molecule has 1 aliphatic heterocycles. The van der Waals surface area contributed by atoms with Crippen LogP contribution in [0.4, 0.5) is 5.69 Å². The average Bonchev–Trinajstić information content (AvgIpc) is 2.98. The van der Waals surface area contributed by atoms with Crippen LogP contribution in [0.2, 0.25) is 0 Å². The summed E-state index contributed by atoms with van der Waals surface area (Å²) >= 11 is 0. The molecule has 1 fully saturated rings. The van der Waals surface area contributed by atoms with Crippen molar-refractivity contribution in [2.75, 3.05) is 18.5 Å². The van der Waals surface area contributed by atoms with Crippen molar-refractivity contribution in [2.24, 2.45) is 5.73 Å². The summed E-state index contributed by atoms with van der Waals surface area (Å²) in [6.45, 7) is 3.51. The summed E-state index contributed by atoms with van der Waals surface area (Å²) in [6, 6.07) is 7.47. The lowest BCUT2D eigenvalue weighted by Crippen LogP contribution is -2.30. The fourth-order valence-corrected chi connectivity index (χ4v) is 2.07. The minimum Gasteiger partial charge on any atom is -0.376 e. The standard InChI is InChI=1S/C15H22N2O3/c1-11(20-10-14-3-2-8-19-14)15(18)17-13-6-4-12(9-16)5-7-13/h4-7,11,14H,2-3,8-10,16H2,1H3,(H,17,18). The smallest absolute Gasteiger partial charge is 0.253 e. The van der Waals surface area contributed by atoms with Gasteiger partial charge in [0.25, 0.3) is 5.91 Å². The molecule has 2 atom stereocenters. The first-order valence-electron chi connectivity index (χ1n) is 7.02. The van der Waals surface area contributed by atoms with Crippen molar-refractivity contribution in [3.63, 3.8) is 0 Å². The Kier molecular flexibility index (Phi) is 5.52. The molecular formula is C15H22N2O3. The molecule has 0 saturated carbocycles. The number of ether oxygens (including phenoxy) is 2. The lowest BCUT2D eigenvalue weighted by Gasteiger charge is -2.16. The molecule has 0 spiro atoms. The number of rotatable bonds is 6. The van der Waals surface area contributed by atoms with Crippen LogP contribution in [0.15, 0.2) is 24.3 Å². The van der Waals surface area contributed by atoms with E-state index in [1.165, 1.54) is 0 Å². The number of hydrogen-bond donors (Lipinski definition) is 2. The maximum absolute atomic E-state index is 12.0. The Morgan fingerprint density at radius 3 is 2.85 bits per heavy atom. The van der Waals surface area contributed by atoms with Crippen LogP contribution in [-0.2, 0) is 20.8 Å². The van der Waals surface area contributed by atoms with Crippen molar-refractivity contribution >= 4 is 11.6 Å². The number of nitrogens with one attached hydrogen (secondary N) is 1. The number of carbonyl (C=O) groups excluding carboxylic acids is 1. The van der Waals surface area contributed by atoms with Crippen LogP contribution in [0, 0.1) is 0 Å². The van der Waals surface area contributed by atoms with Gasteiger partial charge in [-0.25, -0.2) is 0 Å². The van der Waals surface area contributed by atoms with Gasteiger partial charge in [0, 0.05) is 18.8 Å². The maximum atomic E-state index is 12.0. The molecule has 0 aliphatic carbocycles. The van der Waals surface area contributed by atoms with Crippen LogP contribution in [-0.4, -0.2) is 31.3 Å². The predicted molar refractivity (Wildman–Crippen MR) is 77.4 cm³/mol. The van der Waals surface area contributed by atoms with Gasteiger partial charge in [-0.1, -0.05) is 12.1 Å². The molecule has 0 aromatic heterocycles. The lowest BCUT2D eigenvalue weighted by atomic mass is 10.2. The highest BCUT2D eigenvalue weighted by atomic mass is 16.5. The largest absolute Gasteiger partial charge is 0.376 e. The van der Waals surface area contributed by atoms with Gasteiger partial charge in [-0.15, -0.1) is 0 Å². The summed E-state index contributed by atoms with van der Waals surface area (Å²) in [4.78, 5) is 12.0. The number of nitrogens with two attached hydrogens (primary N) is 1. The fraction of sp³-hybridized carbons (Fsp3) is 0.533. The van der Waals surface area contributed by atoms with E-state index in [-0.39, 0.29) is 12.0 Å². The monoisotopic (exact) mass is 278 g/mol. The Hall–Kier alpha value is -1.43. The number of hydrogen-bond acceptors (Lipinski definition) is 4. The van der Waals surface area contributed by atoms with Crippen LogP contribution in [0.1, 0.15) is 25.3 Å². The summed E-state index contributed by atoms with van der Waals surface area (Å²) in [7, 11) is 0. The summed E-state index contributed by atoms with van der Waals surface area (Å²) in [5.41, 5.74) is 7.31. The topological polar surface area (TPSA) is 73.6 Å². The molecule has 5 nitrogen and oxygen atoms in total. The minimum absolute atomic E-state index is 0.133. The predicted octanol–water partition coefficient (Wildman–Crippen LogP) is 1.67. The normalized spacial score (nSPS) is 19.8. The summed E-state index contributed by atoms with van der Waals surface area (Å²) in [5.74, 6) is -0.150. The van der Waals surface area contributed by atoms with Gasteiger partial charge in [0.1, 0.15) is 6.10 Å². The van der Waals surface area contributed by atoms with E-state index in [2.05, 4.69) is 5.32 Å². The van der Waals surface area contributed by atoms with Crippen molar-refractivity contribution in [1.82, 2.24) is 0 Å². The Bertz CT molecular complexity index is 427. The van der Waals surface area contributed by atoms with Crippen LogP contribution in [0.5, 0.6) is 0 Å². The average molecular weight is 278 g/mol. The first-order valence-corrected chi connectivity index (χ1v) is 7.02. The molecule has 2 unspecified atom stereocenters. The molecule has 20 heavy (non-hydrogen) atoms. The SMILES string of the molecule is CC(OCC1CCCO1)C(=O)Nc1ccc(CN)cc1. The first kappa shape index (κ1) is 15.0. The minimum atomic E-state index is -0.492. The van der Waals surface area contributed by atoms with Crippen molar-refractivity contribution in [3.05, 3.63) is 29.8 Å². The van der Waals surface area contributed by atoms with Gasteiger partial charge in [0.2, 0.25) is 0 Å². The second kappa shape index (κ2) is 7.38. The van der Waals surface area contributed by atoms with E-state index in [1.54, 1.807) is 6.92 Å². The van der Waals surface area contributed by atoms with Crippen LogP contribution in [0.25, 0.3) is 0 Å². The Morgan fingerprint density at radius 2 is 2.25 bits per heavy atom. The third kappa shape index (κ3) is 4.30. The summed E-state index contributed by atoms with van der Waals surface area (Å²) < 4.78 is 11.0. The molecule has 110 valence electrons. The molecule has 1 aromatic carbocycles. The van der Waals surface area contributed by atoms with E-state index in [9.17, 15) is 4.79 Å². The molecule has 2 rings (SSSR count). The van der Waals surface area contributed by atoms with Crippen molar-refractivity contribution < 1.29 is 14.3 Å². The zero-order valence-corrected chi connectivity index (χ0v) is 11.8. The number of anilines is 1. The van der Waals surface area contributed by atoms with Gasteiger partial charge >= 0.3 is 0 Å². The molecule has 0 bridgehead atoms. The Balaban J connectivity index is 1.77. The molecular weight excluding hydrogens is 256 g/mol. The lowest BCUT2D eigenvalue weighted by molar-refractivity contribution is -0.128. The fourth-order valence-electron chi connectivity index (χ4n) is 2.07. The summed E-state index contributed by atoms with van der Waals surface area (Å²) in [6.07, 6.45) is 1.72. The Morgan fingerprint density at radius 1 is 1.50 bits per heavy atom. The second-order valence-corrected chi connectivity index (χ2v) is 5.00. The van der Waals surface area contributed by atoms with E-state index in [4.69, 9.17) is 15.2 Å². The quantitative estimate of drug-likeness (QED) is 0.830.